The Labute approximate surface area is 95.6 Å². The van der Waals surface area contributed by atoms with Crippen LogP contribution in [0.15, 0.2) is 30.4 Å². The van der Waals surface area contributed by atoms with Gasteiger partial charge in [-0.2, -0.15) is 0 Å². The smallest absolute Gasteiger partial charge is 0.331 e. The standard InChI is InChI=1S/C11H9F2NO3/c1-6(11(16)17)4-10(15)14-9-3-2-7(12)5-8(9)13/h2-3,5H,1,4H2,(H,14,15)(H,16,17). The van der Waals surface area contributed by atoms with Crippen molar-refractivity contribution in [3.8, 4) is 0 Å². The van der Waals surface area contributed by atoms with Gasteiger partial charge in [0.05, 0.1) is 12.1 Å². The van der Waals surface area contributed by atoms with Gasteiger partial charge in [0.1, 0.15) is 11.6 Å². The van der Waals surface area contributed by atoms with E-state index in [0.29, 0.717) is 6.07 Å². The van der Waals surface area contributed by atoms with Crippen LogP contribution in [0, 0.1) is 11.6 Å². The van der Waals surface area contributed by atoms with Gasteiger partial charge in [0, 0.05) is 11.6 Å². The second-order valence-electron chi connectivity index (χ2n) is 3.26. The van der Waals surface area contributed by atoms with Gasteiger partial charge in [0.15, 0.2) is 0 Å². The Hall–Kier alpha value is -2.24. The van der Waals surface area contributed by atoms with Gasteiger partial charge < -0.3 is 10.4 Å². The first-order chi connectivity index (χ1) is 7.90. The summed E-state index contributed by atoms with van der Waals surface area (Å²) in [4.78, 5) is 21.7. The third kappa shape index (κ3) is 3.67. The minimum Gasteiger partial charge on any atom is -0.478 e. The Balaban J connectivity index is 2.68. The van der Waals surface area contributed by atoms with E-state index < -0.39 is 29.9 Å². The first-order valence-electron chi connectivity index (χ1n) is 4.56. The summed E-state index contributed by atoms with van der Waals surface area (Å²) in [6.45, 7) is 3.16. The van der Waals surface area contributed by atoms with Crippen molar-refractivity contribution in [3.05, 3.63) is 42.0 Å². The fourth-order valence-corrected chi connectivity index (χ4v) is 1.05. The van der Waals surface area contributed by atoms with Crippen LogP contribution in [-0.2, 0) is 9.59 Å². The number of carboxylic acids is 1. The fourth-order valence-electron chi connectivity index (χ4n) is 1.05. The summed E-state index contributed by atoms with van der Waals surface area (Å²) in [6.07, 6.45) is -0.466. The molecule has 0 heterocycles. The van der Waals surface area contributed by atoms with Gasteiger partial charge in [0.2, 0.25) is 5.91 Å². The van der Waals surface area contributed by atoms with Crippen LogP contribution in [0.25, 0.3) is 0 Å². The zero-order valence-corrected chi connectivity index (χ0v) is 8.67. The Kier molecular flexibility index (Phi) is 3.92. The fraction of sp³-hybridized carbons (Fsp3) is 0.0909. The molecule has 0 fully saturated rings. The predicted octanol–water partition coefficient (Wildman–Crippen LogP) is 1.93. The first-order valence-corrected chi connectivity index (χ1v) is 4.56. The number of hydrogen-bond acceptors (Lipinski definition) is 2. The number of rotatable bonds is 4. The highest BCUT2D eigenvalue weighted by Crippen LogP contribution is 2.15. The third-order valence-electron chi connectivity index (χ3n) is 1.88. The molecular formula is C11H9F2NO3. The average molecular weight is 241 g/mol. The van der Waals surface area contributed by atoms with Crippen LogP contribution in [0.2, 0.25) is 0 Å². The highest BCUT2D eigenvalue weighted by atomic mass is 19.1. The van der Waals surface area contributed by atoms with E-state index in [1.165, 1.54) is 0 Å². The van der Waals surface area contributed by atoms with Crippen LogP contribution >= 0.6 is 0 Å². The molecule has 17 heavy (non-hydrogen) atoms. The quantitative estimate of drug-likeness (QED) is 0.791. The lowest BCUT2D eigenvalue weighted by Gasteiger charge is -2.06. The van der Waals surface area contributed by atoms with E-state index in [-0.39, 0.29) is 11.3 Å². The maximum absolute atomic E-state index is 13.1. The number of hydrogen-bond donors (Lipinski definition) is 2. The van der Waals surface area contributed by atoms with E-state index in [2.05, 4.69) is 11.9 Å². The molecule has 1 amide bonds. The monoisotopic (exact) mass is 241 g/mol. The molecule has 0 unspecified atom stereocenters. The summed E-state index contributed by atoms with van der Waals surface area (Å²) < 4.78 is 25.7. The number of amides is 1. The van der Waals surface area contributed by atoms with Gasteiger partial charge in [0.25, 0.3) is 0 Å². The van der Waals surface area contributed by atoms with E-state index in [1.807, 2.05) is 0 Å². The van der Waals surface area contributed by atoms with Crippen molar-refractivity contribution < 1.29 is 23.5 Å². The molecule has 90 valence electrons. The highest BCUT2D eigenvalue weighted by Gasteiger charge is 2.12. The third-order valence-corrected chi connectivity index (χ3v) is 1.88. The number of carbonyl (C=O) groups excluding carboxylic acids is 1. The molecule has 0 spiro atoms. The number of carboxylic acid groups (broad SMARTS) is 1. The Morgan fingerprint density at radius 2 is 2.00 bits per heavy atom. The molecule has 0 bridgehead atoms. The Morgan fingerprint density at radius 1 is 1.35 bits per heavy atom. The topological polar surface area (TPSA) is 66.4 Å². The molecular weight excluding hydrogens is 232 g/mol. The zero-order chi connectivity index (χ0) is 13.0. The van der Waals surface area contributed by atoms with Gasteiger partial charge in [-0.15, -0.1) is 0 Å². The van der Waals surface area contributed by atoms with Crippen molar-refractivity contribution in [1.29, 1.82) is 0 Å². The summed E-state index contributed by atoms with van der Waals surface area (Å²) in [5.41, 5.74) is -0.528. The lowest BCUT2D eigenvalue weighted by Crippen LogP contribution is -2.15. The van der Waals surface area contributed by atoms with Gasteiger partial charge in [-0.05, 0) is 12.1 Å². The van der Waals surface area contributed by atoms with Gasteiger partial charge in [-0.1, -0.05) is 6.58 Å². The van der Waals surface area contributed by atoms with Crippen molar-refractivity contribution in [2.24, 2.45) is 0 Å². The Morgan fingerprint density at radius 3 is 2.53 bits per heavy atom. The zero-order valence-electron chi connectivity index (χ0n) is 8.67. The number of aliphatic carboxylic acids is 1. The number of carbonyl (C=O) groups is 2. The Bertz CT molecular complexity index is 486. The average Bonchev–Trinajstić information content (AvgIpc) is 2.22. The van der Waals surface area contributed by atoms with Crippen molar-refractivity contribution in [3.63, 3.8) is 0 Å². The minimum atomic E-state index is -1.31. The van der Waals surface area contributed by atoms with Gasteiger partial charge >= 0.3 is 5.97 Å². The molecule has 0 atom stereocenters. The van der Waals surface area contributed by atoms with Crippen LogP contribution < -0.4 is 5.32 Å². The molecule has 1 aromatic rings. The lowest BCUT2D eigenvalue weighted by molar-refractivity contribution is -0.133. The summed E-state index contributed by atoms with van der Waals surface area (Å²) in [5.74, 6) is -3.74. The summed E-state index contributed by atoms with van der Waals surface area (Å²) in [7, 11) is 0. The van der Waals surface area contributed by atoms with E-state index in [1.54, 1.807) is 0 Å². The molecule has 0 aliphatic carbocycles. The maximum atomic E-state index is 13.1. The SMILES string of the molecule is C=C(CC(=O)Nc1ccc(F)cc1F)C(=O)O. The van der Waals surface area contributed by atoms with E-state index >= 15 is 0 Å². The minimum absolute atomic E-state index is 0.213. The van der Waals surface area contributed by atoms with E-state index in [0.717, 1.165) is 12.1 Å². The number of anilines is 1. The first kappa shape index (κ1) is 12.8. The van der Waals surface area contributed by atoms with Crippen LogP contribution in [0.1, 0.15) is 6.42 Å². The molecule has 2 N–H and O–H groups in total. The normalized spacial score (nSPS) is 9.76. The van der Waals surface area contributed by atoms with Crippen molar-refractivity contribution in [2.45, 2.75) is 6.42 Å². The van der Waals surface area contributed by atoms with Crippen LogP contribution in [0.5, 0.6) is 0 Å². The molecule has 1 aromatic carbocycles. The number of halogens is 2. The predicted molar refractivity (Wildman–Crippen MR) is 56.4 cm³/mol. The molecule has 0 radical (unpaired) electrons. The molecule has 0 saturated carbocycles. The number of nitrogens with one attached hydrogen (secondary N) is 1. The van der Waals surface area contributed by atoms with Crippen LogP contribution in [0.3, 0.4) is 0 Å². The summed E-state index contributed by atoms with van der Waals surface area (Å²) >= 11 is 0. The number of benzene rings is 1. The van der Waals surface area contributed by atoms with Crippen LogP contribution in [0.4, 0.5) is 14.5 Å². The molecule has 4 nitrogen and oxygen atoms in total. The van der Waals surface area contributed by atoms with Crippen molar-refractivity contribution in [2.75, 3.05) is 5.32 Å². The molecule has 0 aliphatic rings. The molecule has 0 aromatic heterocycles. The summed E-state index contributed by atoms with van der Waals surface area (Å²) in [5, 5.41) is 10.6. The summed E-state index contributed by atoms with van der Waals surface area (Å²) in [6, 6.07) is 2.64. The molecule has 0 saturated heterocycles. The van der Waals surface area contributed by atoms with Gasteiger partial charge in [-0.25, -0.2) is 13.6 Å². The highest BCUT2D eigenvalue weighted by molar-refractivity contribution is 5.99. The molecule has 1 rings (SSSR count). The molecule has 0 aliphatic heterocycles. The van der Waals surface area contributed by atoms with E-state index in [4.69, 9.17) is 5.11 Å². The van der Waals surface area contributed by atoms with Crippen molar-refractivity contribution in [1.82, 2.24) is 0 Å². The molecule has 6 heteroatoms. The second-order valence-corrected chi connectivity index (χ2v) is 3.26. The van der Waals surface area contributed by atoms with Gasteiger partial charge in [-0.3, -0.25) is 4.79 Å². The van der Waals surface area contributed by atoms with Crippen LogP contribution in [-0.4, -0.2) is 17.0 Å². The maximum Gasteiger partial charge on any atom is 0.331 e. The van der Waals surface area contributed by atoms with E-state index in [9.17, 15) is 18.4 Å². The van der Waals surface area contributed by atoms with Crippen molar-refractivity contribution >= 4 is 17.6 Å². The lowest BCUT2D eigenvalue weighted by atomic mass is 10.2. The largest absolute Gasteiger partial charge is 0.478 e. The second kappa shape index (κ2) is 5.20.